The molecule has 0 saturated carbocycles. The zero-order valence-corrected chi connectivity index (χ0v) is 35.8. The molecule has 51 heavy (non-hydrogen) atoms. The van der Waals surface area contributed by atoms with E-state index in [1.807, 2.05) is 0 Å². The van der Waals surface area contributed by atoms with Crippen LogP contribution in [0.25, 0.3) is 0 Å². The van der Waals surface area contributed by atoms with Crippen LogP contribution >= 0.6 is 0 Å². The van der Waals surface area contributed by atoms with E-state index in [9.17, 15) is 4.79 Å². The quantitative estimate of drug-likeness (QED) is 0.0463. The monoisotopic (exact) mass is 719 g/mol. The molecule has 0 saturated heterocycles. The van der Waals surface area contributed by atoms with Crippen LogP contribution in [0.15, 0.2) is 0 Å². The Labute approximate surface area is 324 Å². The Balaban J connectivity index is 3.11. The van der Waals surface area contributed by atoms with Gasteiger partial charge in [0.2, 0.25) is 0 Å². The van der Waals surface area contributed by atoms with Crippen LogP contribution in [-0.4, -0.2) is 12.6 Å². The molecule has 0 spiro atoms. The van der Waals surface area contributed by atoms with Crippen LogP contribution in [0, 0.1) is 0 Å². The highest BCUT2D eigenvalue weighted by Gasteiger charge is 2.03. The Kier molecular flexibility index (Phi) is 47.0. The zero-order chi connectivity index (χ0) is 36.8. The second-order valence-electron chi connectivity index (χ2n) is 16.8. The average molecular weight is 719 g/mol. The van der Waals surface area contributed by atoms with Gasteiger partial charge < -0.3 is 4.74 Å². The van der Waals surface area contributed by atoms with Crippen molar-refractivity contribution >= 4 is 5.97 Å². The molecule has 0 aromatic heterocycles. The topological polar surface area (TPSA) is 26.3 Å². The number of unbranched alkanes of at least 4 members (excludes halogenated alkanes) is 42. The summed E-state index contributed by atoms with van der Waals surface area (Å²) in [4.78, 5) is 12.0. The summed E-state index contributed by atoms with van der Waals surface area (Å²) in [6.07, 6.45) is 62.5. The standard InChI is InChI=1S/C49H98O2/c1-3-5-7-9-11-13-15-16-17-18-19-20-21-22-23-24-25-26-27-28-29-30-31-32-33-34-35-36-37-38-39-41-43-45-47-49(50)51-48-46-44-42-40-14-12-10-8-6-4-2/h3-48H2,1-2H3. The van der Waals surface area contributed by atoms with Gasteiger partial charge in [-0.25, -0.2) is 0 Å². The fraction of sp³-hybridized carbons (Fsp3) is 0.980. The number of hydrogen-bond donors (Lipinski definition) is 0. The number of esters is 1. The van der Waals surface area contributed by atoms with Crippen LogP contribution in [0.4, 0.5) is 0 Å². The van der Waals surface area contributed by atoms with Crippen molar-refractivity contribution in [3.05, 3.63) is 0 Å². The van der Waals surface area contributed by atoms with Crippen molar-refractivity contribution in [2.75, 3.05) is 6.61 Å². The highest BCUT2D eigenvalue weighted by atomic mass is 16.5. The van der Waals surface area contributed by atoms with Gasteiger partial charge in [-0.05, 0) is 12.8 Å². The number of hydrogen-bond acceptors (Lipinski definition) is 2. The molecule has 0 fully saturated rings. The predicted octanol–water partition coefficient (Wildman–Crippen LogP) is 18.1. The summed E-state index contributed by atoms with van der Waals surface area (Å²) in [6, 6.07) is 0. The minimum atomic E-state index is 0.0295. The van der Waals surface area contributed by atoms with E-state index in [2.05, 4.69) is 13.8 Å². The lowest BCUT2D eigenvalue weighted by atomic mass is 10.0. The number of carbonyl (C=O) groups excluding carboxylic acids is 1. The summed E-state index contributed by atoms with van der Waals surface area (Å²) in [5.41, 5.74) is 0. The normalized spacial score (nSPS) is 11.5. The van der Waals surface area contributed by atoms with E-state index in [4.69, 9.17) is 4.74 Å². The van der Waals surface area contributed by atoms with Crippen molar-refractivity contribution in [1.29, 1.82) is 0 Å². The summed E-state index contributed by atoms with van der Waals surface area (Å²) < 4.78 is 5.45. The van der Waals surface area contributed by atoms with Gasteiger partial charge in [0.05, 0.1) is 6.61 Å². The molecule has 0 aromatic rings. The average Bonchev–Trinajstić information content (AvgIpc) is 3.14. The lowest BCUT2D eigenvalue weighted by Crippen LogP contribution is -2.05. The maximum Gasteiger partial charge on any atom is 0.305 e. The summed E-state index contributed by atoms with van der Waals surface area (Å²) in [6.45, 7) is 5.22. The van der Waals surface area contributed by atoms with Gasteiger partial charge >= 0.3 is 5.97 Å². The first kappa shape index (κ1) is 50.5. The number of ether oxygens (including phenoxy) is 1. The minimum Gasteiger partial charge on any atom is -0.466 e. The summed E-state index contributed by atoms with van der Waals surface area (Å²) in [5, 5.41) is 0. The molecule has 0 atom stereocenters. The van der Waals surface area contributed by atoms with Gasteiger partial charge in [0, 0.05) is 6.42 Å². The Bertz CT molecular complexity index is 615. The summed E-state index contributed by atoms with van der Waals surface area (Å²) >= 11 is 0. The van der Waals surface area contributed by atoms with Gasteiger partial charge in [-0.15, -0.1) is 0 Å². The minimum absolute atomic E-state index is 0.0295. The zero-order valence-electron chi connectivity index (χ0n) is 35.8. The van der Waals surface area contributed by atoms with E-state index < -0.39 is 0 Å². The van der Waals surface area contributed by atoms with E-state index >= 15 is 0 Å². The highest BCUT2D eigenvalue weighted by molar-refractivity contribution is 5.69. The van der Waals surface area contributed by atoms with Crippen molar-refractivity contribution in [3.8, 4) is 0 Å². The van der Waals surface area contributed by atoms with E-state index in [1.54, 1.807) is 0 Å². The van der Waals surface area contributed by atoms with Crippen LogP contribution in [-0.2, 0) is 9.53 Å². The molecule has 0 rings (SSSR count). The maximum absolute atomic E-state index is 12.0. The van der Waals surface area contributed by atoms with Gasteiger partial charge in [-0.1, -0.05) is 284 Å². The van der Waals surface area contributed by atoms with E-state index in [0.29, 0.717) is 13.0 Å². The van der Waals surface area contributed by atoms with E-state index in [1.165, 1.54) is 270 Å². The number of rotatable bonds is 46. The molecular weight excluding hydrogens is 621 g/mol. The first-order valence-electron chi connectivity index (χ1n) is 24.5. The Hall–Kier alpha value is -0.530. The van der Waals surface area contributed by atoms with E-state index in [0.717, 1.165) is 12.8 Å². The lowest BCUT2D eigenvalue weighted by Gasteiger charge is -2.06. The van der Waals surface area contributed by atoms with Crippen molar-refractivity contribution < 1.29 is 9.53 Å². The van der Waals surface area contributed by atoms with Crippen LogP contribution in [0.5, 0.6) is 0 Å². The third kappa shape index (κ3) is 47.4. The van der Waals surface area contributed by atoms with Gasteiger partial charge in [0.25, 0.3) is 0 Å². The molecule has 0 radical (unpaired) electrons. The van der Waals surface area contributed by atoms with Crippen molar-refractivity contribution in [2.24, 2.45) is 0 Å². The summed E-state index contributed by atoms with van der Waals surface area (Å²) in [5.74, 6) is 0.0295. The predicted molar refractivity (Wildman–Crippen MR) is 230 cm³/mol. The van der Waals surface area contributed by atoms with Crippen LogP contribution in [0.3, 0.4) is 0 Å². The molecule has 2 heteroatoms. The van der Waals surface area contributed by atoms with Crippen LogP contribution in [0.2, 0.25) is 0 Å². The Morgan fingerprint density at radius 1 is 0.255 bits per heavy atom. The molecule has 0 heterocycles. The molecule has 2 nitrogen and oxygen atoms in total. The molecule has 0 amide bonds. The smallest absolute Gasteiger partial charge is 0.305 e. The molecule has 0 unspecified atom stereocenters. The number of carbonyl (C=O) groups is 1. The summed E-state index contributed by atoms with van der Waals surface area (Å²) in [7, 11) is 0. The van der Waals surface area contributed by atoms with Gasteiger partial charge in [0.1, 0.15) is 0 Å². The third-order valence-corrected chi connectivity index (χ3v) is 11.5. The largest absolute Gasteiger partial charge is 0.466 e. The third-order valence-electron chi connectivity index (χ3n) is 11.5. The lowest BCUT2D eigenvalue weighted by molar-refractivity contribution is -0.143. The molecule has 0 aliphatic rings. The first-order valence-corrected chi connectivity index (χ1v) is 24.5. The Morgan fingerprint density at radius 3 is 0.647 bits per heavy atom. The van der Waals surface area contributed by atoms with Gasteiger partial charge in [0.15, 0.2) is 0 Å². The molecule has 0 aromatic carbocycles. The molecule has 0 aliphatic carbocycles. The molecule has 0 bridgehead atoms. The molecule has 0 aliphatic heterocycles. The highest BCUT2D eigenvalue weighted by Crippen LogP contribution is 2.17. The second kappa shape index (κ2) is 47.5. The van der Waals surface area contributed by atoms with Crippen LogP contribution in [0.1, 0.15) is 303 Å². The van der Waals surface area contributed by atoms with Crippen molar-refractivity contribution in [2.45, 2.75) is 303 Å². The van der Waals surface area contributed by atoms with Crippen molar-refractivity contribution in [3.63, 3.8) is 0 Å². The molecular formula is C49H98O2. The molecule has 306 valence electrons. The van der Waals surface area contributed by atoms with E-state index in [-0.39, 0.29) is 5.97 Å². The SMILES string of the molecule is CCCCCCCCCCCCCCCCCCCCCCCCCCCCCCCCCCCCC(=O)OCCCCCCCCCCCC. The fourth-order valence-electron chi connectivity index (χ4n) is 7.85. The first-order chi connectivity index (χ1) is 25.3. The second-order valence-corrected chi connectivity index (χ2v) is 16.8. The van der Waals surface area contributed by atoms with Crippen molar-refractivity contribution in [1.82, 2.24) is 0 Å². The van der Waals surface area contributed by atoms with Gasteiger partial charge in [-0.2, -0.15) is 0 Å². The molecule has 0 N–H and O–H groups in total. The maximum atomic E-state index is 12.0. The van der Waals surface area contributed by atoms with Crippen LogP contribution < -0.4 is 0 Å². The van der Waals surface area contributed by atoms with Gasteiger partial charge in [-0.3, -0.25) is 4.79 Å². The Morgan fingerprint density at radius 2 is 0.431 bits per heavy atom. The fourth-order valence-corrected chi connectivity index (χ4v) is 7.85.